The Morgan fingerprint density at radius 2 is 1.88 bits per heavy atom. The van der Waals surface area contributed by atoms with Crippen molar-refractivity contribution in [1.29, 1.82) is 0 Å². The molecular formula is C12H22N2OS. The summed E-state index contributed by atoms with van der Waals surface area (Å²) >= 11 is 2.05. The van der Waals surface area contributed by atoms with E-state index in [1.807, 2.05) is 0 Å². The number of nitrogens with one attached hydrogen (secondary N) is 2. The van der Waals surface area contributed by atoms with Gasteiger partial charge >= 0.3 is 0 Å². The number of hydrogen-bond acceptors (Lipinski definition) is 3. The van der Waals surface area contributed by atoms with Crippen molar-refractivity contribution in [3.63, 3.8) is 0 Å². The van der Waals surface area contributed by atoms with Crippen molar-refractivity contribution in [3.8, 4) is 0 Å². The lowest BCUT2D eigenvalue weighted by Crippen LogP contribution is -2.34. The highest BCUT2D eigenvalue weighted by Gasteiger charge is 2.22. The second-order valence-corrected chi connectivity index (χ2v) is 6.01. The Morgan fingerprint density at radius 1 is 1.12 bits per heavy atom. The number of thioether (sulfide) groups is 1. The van der Waals surface area contributed by atoms with Crippen LogP contribution < -0.4 is 10.6 Å². The molecule has 3 nitrogen and oxygen atoms in total. The van der Waals surface area contributed by atoms with E-state index in [0.29, 0.717) is 18.5 Å². The van der Waals surface area contributed by atoms with E-state index in [-0.39, 0.29) is 5.91 Å². The van der Waals surface area contributed by atoms with Gasteiger partial charge in [-0.2, -0.15) is 11.8 Å². The zero-order chi connectivity index (χ0) is 11.2. The van der Waals surface area contributed by atoms with Gasteiger partial charge in [0.2, 0.25) is 5.91 Å². The predicted octanol–water partition coefficient (Wildman–Crippen LogP) is 1.53. The van der Waals surface area contributed by atoms with Crippen LogP contribution in [-0.4, -0.2) is 36.0 Å². The molecule has 0 spiro atoms. The van der Waals surface area contributed by atoms with Crippen molar-refractivity contribution in [2.75, 3.05) is 18.1 Å². The maximum Gasteiger partial charge on any atom is 0.220 e. The van der Waals surface area contributed by atoms with E-state index in [1.54, 1.807) is 0 Å². The molecule has 0 aromatic heterocycles. The molecule has 2 aliphatic rings. The number of rotatable bonds is 6. The summed E-state index contributed by atoms with van der Waals surface area (Å²) < 4.78 is 0. The molecule has 0 unspecified atom stereocenters. The highest BCUT2D eigenvalue weighted by molar-refractivity contribution is 7.99. The molecule has 16 heavy (non-hydrogen) atoms. The van der Waals surface area contributed by atoms with Crippen LogP contribution in [0, 0.1) is 0 Å². The lowest BCUT2D eigenvalue weighted by atomic mass is 10.1. The summed E-state index contributed by atoms with van der Waals surface area (Å²) in [4.78, 5) is 11.4. The van der Waals surface area contributed by atoms with Crippen molar-refractivity contribution < 1.29 is 4.79 Å². The number of carbonyl (C=O) groups is 1. The fourth-order valence-corrected chi connectivity index (χ4v) is 3.09. The van der Waals surface area contributed by atoms with Crippen LogP contribution in [0.15, 0.2) is 0 Å². The Morgan fingerprint density at radius 3 is 2.56 bits per heavy atom. The first-order chi connectivity index (χ1) is 7.84. The van der Waals surface area contributed by atoms with Gasteiger partial charge in [0.05, 0.1) is 0 Å². The van der Waals surface area contributed by atoms with Crippen molar-refractivity contribution in [1.82, 2.24) is 10.6 Å². The van der Waals surface area contributed by atoms with Gasteiger partial charge in [-0.3, -0.25) is 4.79 Å². The Labute approximate surface area is 102 Å². The van der Waals surface area contributed by atoms with Crippen molar-refractivity contribution >= 4 is 17.7 Å². The zero-order valence-electron chi connectivity index (χ0n) is 9.84. The summed E-state index contributed by atoms with van der Waals surface area (Å²) in [5.41, 5.74) is 0. The highest BCUT2D eigenvalue weighted by atomic mass is 32.2. The van der Waals surface area contributed by atoms with Crippen LogP contribution >= 0.6 is 11.8 Å². The Kier molecular flexibility index (Phi) is 4.97. The maximum atomic E-state index is 11.4. The molecule has 1 amide bonds. The third kappa shape index (κ3) is 4.74. The van der Waals surface area contributed by atoms with Gasteiger partial charge in [0.1, 0.15) is 0 Å². The standard InChI is InChI=1S/C12H22N2OS/c15-12(14-11-3-4-11)2-1-7-13-10-5-8-16-9-6-10/h10-11,13H,1-9H2,(H,14,15). The minimum Gasteiger partial charge on any atom is -0.353 e. The van der Waals surface area contributed by atoms with Gasteiger partial charge < -0.3 is 10.6 Å². The van der Waals surface area contributed by atoms with Gasteiger partial charge in [-0.1, -0.05) is 0 Å². The number of hydrogen-bond donors (Lipinski definition) is 2. The second kappa shape index (κ2) is 6.50. The van der Waals surface area contributed by atoms with Gasteiger partial charge in [0.15, 0.2) is 0 Å². The van der Waals surface area contributed by atoms with E-state index >= 15 is 0 Å². The van der Waals surface area contributed by atoms with Crippen LogP contribution in [0.25, 0.3) is 0 Å². The Balaban J connectivity index is 1.45. The van der Waals surface area contributed by atoms with Gasteiger partial charge in [0.25, 0.3) is 0 Å². The molecular weight excluding hydrogens is 220 g/mol. The summed E-state index contributed by atoms with van der Waals surface area (Å²) in [7, 11) is 0. The summed E-state index contributed by atoms with van der Waals surface area (Å²) in [5.74, 6) is 2.82. The first kappa shape index (κ1) is 12.2. The largest absolute Gasteiger partial charge is 0.353 e. The molecule has 1 heterocycles. The van der Waals surface area contributed by atoms with E-state index < -0.39 is 0 Å². The molecule has 1 aliphatic carbocycles. The molecule has 2 fully saturated rings. The van der Waals surface area contributed by atoms with Crippen molar-refractivity contribution in [3.05, 3.63) is 0 Å². The van der Waals surface area contributed by atoms with E-state index in [2.05, 4.69) is 22.4 Å². The average Bonchev–Trinajstić information content (AvgIpc) is 3.10. The Bertz CT molecular complexity index is 225. The smallest absolute Gasteiger partial charge is 0.220 e. The molecule has 92 valence electrons. The average molecular weight is 242 g/mol. The van der Waals surface area contributed by atoms with Gasteiger partial charge in [0, 0.05) is 18.5 Å². The predicted molar refractivity (Wildman–Crippen MR) is 68.7 cm³/mol. The number of carbonyl (C=O) groups excluding carboxylic acids is 1. The molecule has 0 radical (unpaired) electrons. The fourth-order valence-electron chi connectivity index (χ4n) is 1.98. The third-order valence-corrected chi connectivity index (χ3v) is 4.23. The molecule has 1 aliphatic heterocycles. The van der Waals surface area contributed by atoms with Crippen LogP contribution in [0.2, 0.25) is 0 Å². The zero-order valence-corrected chi connectivity index (χ0v) is 10.7. The molecule has 0 bridgehead atoms. The van der Waals surface area contributed by atoms with E-state index in [4.69, 9.17) is 0 Å². The van der Waals surface area contributed by atoms with Crippen LogP contribution in [0.5, 0.6) is 0 Å². The van der Waals surface area contributed by atoms with Gasteiger partial charge in [-0.25, -0.2) is 0 Å². The minimum absolute atomic E-state index is 0.239. The first-order valence-corrected chi connectivity index (χ1v) is 7.60. The lowest BCUT2D eigenvalue weighted by molar-refractivity contribution is -0.121. The summed E-state index contributed by atoms with van der Waals surface area (Å²) in [5, 5.41) is 6.57. The van der Waals surface area contributed by atoms with Crippen LogP contribution in [0.4, 0.5) is 0 Å². The monoisotopic (exact) mass is 242 g/mol. The lowest BCUT2D eigenvalue weighted by Gasteiger charge is -2.22. The normalized spacial score (nSPS) is 22.0. The van der Waals surface area contributed by atoms with Crippen molar-refractivity contribution in [2.24, 2.45) is 0 Å². The SMILES string of the molecule is O=C(CCCNC1CCSCC1)NC1CC1. The summed E-state index contributed by atoms with van der Waals surface area (Å²) in [6.07, 6.45) is 6.61. The maximum absolute atomic E-state index is 11.4. The van der Waals surface area contributed by atoms with Crippen LogP contribution in [0.1, 0.15) is 38.5 Å². The molecule has 0 aromatic carbocycles. The molecule has 2 N–H and O–H groups in total. The van der Waals surface area contributed by atoms with Crippen LogP contribution in [0.3, 0.4) is 0 Å². The quantitative estimate of drug-likeness (QED) is 0.694. The topological polar surface area (TPSA) is 41.1 Å². The molecule has 2 rings (SSSR count). The second-order valence-electron chi connectivity index (χ2n) is 4.79. The molecule has 4 heteroatoms. The van der Waals surface area contributed by atoms with Gasteiger partial charge in [-0.05, 0) is 50.2 Å². The fraction of sp³-hybridized carbons (Fsp3) is 0.917. The molecule has 1 saturated carbocycles. The number of amides is 1. The Hall–Kier alpha value is -0.220. The highest BCUT2D eigenvalue weighted by Crippen LogP contribution is 2.19. The van der Waals surface area contributed by atoms with Crippen molar-refractivity contribution in [2.45, 2.75) is 50.6 Å². The van der Waals surface area contributed by atoms with Gasteiger partial charge in [-0.15, -0.1) is 0 Å². The van der Waals surface area contributed by atoms with E-state index in [9.17, 15) is 4.79 Å². The summed E-state index contributed by atoms with van der Waals surface area (Å²) in [6, 6.07) is 1.21. The summed E-state index contributed by atoms with van der Waals surface area (Å²) in [6.45, 7) is 0.993. The van der Waals surface area contributed by atoms with Crippen LogP contribution in [-0.2, 0) is 4.79 Å². The van der Waals surface area contributed by atoms with E-state index in [1.165, 1.54) is 37.2 Å². The molecule has 0 atom stereocenters. The van der Waals surface area contributed by atoms with E-state index in [0.717, 1.165) is 13.0 Å². The molecule has 0 aromatic rings. The molecule has 1 saturated heterocycles. The minimum atomic E-state index is 0.239. The third-order valence-electron chi connectivity index (χ3n) is 3.18. The first-order valence-electron chi connectivity index (χ1n) is 6.45.